The molecule has 0 spiro atoms. The molecule has 0 aliphatic heterocycles. The summed E-state index contributed by atoms with van der Waals surface area (Å²) in [5.74, 6) is 0.501. The Morgan fingerprint density at radius 3 is 2.94 bits per heavy atom. The van der Waals surface area contributed by atoms with E-state index in [0.717, 1.165) is 0 Å². The van der Waals surface area contributed by atoms with Crippen LogP contribution in [0, 0.1) is 11.3 Å². The third-order valence-corrected chi connectivity index (χ3v) is 2.17. The lowest BCUT2D eigenvalue weighted by molar-refractivity contribution is 0.107. The maximum absolute atomic E-state index is 8.95. The van der Waals surface area contributed by atoms with E-state index in [4.69, 9.17) is 20.5 Å². The molecule has 0 fully saturated rings. The molecule has 0 aliphatic rings. The Morgan fingerprint density at radius 1 is 1.59 bits per heavy atom. The molecule has 5 nitrogen and oxygen atoms in total. The number of allylic oxidation sites excluding steroid dienone is 1. The molecule has 2 N–H and O–H groups in total. The lowest BCUT2D eigenvalue weighted by Crippen LogP contribution is -2.11. The van der Waals surface area contributed by atoms with Gasteiger partial charge in [0.2, 0.25) is 5.88 Å². The van der Waals surface area contributed by atoms with Gasteiger partial charge in [0.05, 0.1) is 12.3 Å². The highest BCUT2D eigenvalue weighted by Crippen LogP contribution is 2.26. The predicted octanol–water partition coefficient (Wildman–Crippen LogP) is 1.54. The highest BCUT2D eigenvalue weighted by atomic mass is 16.5. The van der Waals surface area contributed by atoms with Crippen molar-refractivity contribution in [2.75, 3.05) is 25.6 Å². The smallest absolute Gasteiger partial charge is 0.218 e. The molecule has 0 radical (unpaired) electrons. The number of rotatable bonds is 7. The van der Waals surface area contributed by atoms with Gasteiger partial charge in [-0.2, -0.15) is 5.26 Å². The summed E-state index contributed by atoms with van der Waals surface area (Å²) in [4.78, 5) is 0. The lowest BCUT2D eigenvalue weighted by Gasteiger charge is -2.10. The molecular weight excluding hydrogens is 218 g/mol. The normalized spacial score (nSPS) is 9.88. The summed E-state index contributed by atoms with van der Waals surface area (Å²) in [6, 6.07) is 3.66. The van der Waals surface area contributed by atoms with Gasteiger partial charge in [-0.05, 0) is 6.92 Å². The number of hydrogen-bond acceptors (Lipinski definition) is 4. The second kappa shape index (κ2) is 6.61. The molecule has 1 aromatic rings. The first-order valence-electron chi connectivity index (χ1n) is 5.45. The SMILES string of the molecule is C=CCn1c(C#N)cc(N)c1OCCOCC. The van der Waals surface area contributed by atoms with Crippen LogP contribution in [0.5, 0.6) is 5.88 Å². The largest absolute Gasteiger partial charge is 0.475 e. The Bertz CT molecular complexity index is 418. The highest BCUT2D eigenvalue weighted by molar-refractivity contribution is 5.55. The maximum Gasteiger partial charge on any atom is 0.218 e. The van der Waals surface area contributed by atoms with E-state index in [-0.39, 0.29) is 0 Å². The molecule has 17 heavy (non-hydrogen) atoms. The van der Waals surface area contributed by atoms with Gasteiger partial charge < -0.3 is 15.2 Å². The summed E-state index contributed by atoms with van der Waals surface area (Å²) >= 11 is 0. The van der Waals surface area contributed by atoms with Crippen LogP contribution in [0.2, 0.25) is 0 Å². The Balaban J connectivity index is 2.78. The minimum absolute atomic E-state index is 0.407. The van der Waals surface area contributed by atoms with E-state index in [1.165, 1.54) is 0 Å². The number of hydrogen-bond donors (Lipinski definition) is 1. The third kappa shape index (κ3) is 3.26. The zero-order valence-corrected chi connectivity index (χ0v) is 9.98. The number of ether oxygens (including phenoxy) is 2. The minimum atomic E-state index is 0.407. The predicted molar refractivity (Wildman–Crippen MR) is 65.7 cm³/mol. The number of nitriles is 1. The minimum Gasteiger partial charge on any atom is -0.475 e. The monoisotopic (exact) mass is 235 g/mol. The van der Waals surface area contributed by atoms with Crippen LogP contribution in [0.15, 0.2) is 18.7 Å². The van der Waals surface area contributed by atoms with Crippen molar-refractivity contribution in [2.24, 2.45) is 0 Å². The molecule has 0 saturated carbocycles. The maximum atomic E-state index is 8.95. The van der Waals surface area contributed by atoms with Gasteiger partial charge in [0.25, 0.3) is 0 Å². The molecule has 1 aromatic heterocycles. The molecule has 92 valence electrons. The quantitative estimate of drug-likeness (QED) is 0.574. The molecule has 1 rings (SSSR count). The van der Waals surface area contributed by atoms with Crippen molar-refractivity contribution in [1.29, 1.82) is 5.26 Å². The zero-order chi connectivity index (χ0) is 12.7. The van der Waals surface area contributed by atoms with E-state index < -0.39 is 0 Å². The van der Waals surface area contributed by atoms with Crippen molar-refractivity contribution in [3.05, 3.63) is 24.4 Å². The molecule has 0 atom stereocenters. The van der Waals surface area contributed by atoms with Gasteiger partial charge in [0.1, 0.15) is 18.4 Å². The molecule has 0 aliphatic carbocycles. The fourth-order valence-corrected chi connectivity index (χ4v) is 1.46. The molecule has 5 heteroatoms. The molecule has 0 unspecified atom stereocenters. The number of nitrogens with two attached hydrogens (primary N) is 1. The summed E-state index contributed by atoms with van der Waals surface area (Å²) in [5.41, 5.74) is 6.72. The number of nitrogen functional groups attached to an aromatic ring is 1. The summed E-state index contributed by atoms with van der Waals surface area (Å²) in [5, 5.41) is 8.95. The highest BCUT2D eigenvalue weighted by Gasteiger charge is 2.13. The lowest BCUT2D eigenvalue weighted by atomic mass is 10.4. The first kappa shape index (κ1) is 13.1. The van der Waals surface area contributed by atoms with Gasteiger partial charge in [-0.15, -0.1) is 6.58 Å². The topological polar surface area (TPSA) is 73.2 Å². The summed E-state index contributed by atoms with van der Waals surface area (Å²) in [6.07, 6.45) is 1.69. The molecule has 0 bridgehead atoms. The van der Waals surface area contributed by atoms with Crippen LogP contribution in [0.4, 0.5) is 5.69 Å². The van der Waals surface area contributed by atoms with Crippen molar-refractivity contribution < 1.29 is 9.47 Å². The van der Waals surface area contributed by atoms with Crippen LogP contribution in [0.1, 0.15) is 12.6 Å². The van der Waals surface area contributed by atoms with Crippen molar-refractivity contribution in [1.82, 2.24) is 4.57 Å². The van der Waals surface area contributed by atoms with Gasteiger partial charge in [0.15, 0.2) is 0 Å². The van der Waals surface area contributed by atoms with Crippen LogP contribution >= 0.6 is 0 Å². The average molecular weight is 235 g/mol. The summed E-state index contributed by atoms with van der Waals surface area (Å²) in [7, 11) is 0. The van der Waals surface area contributed by atoms with Gasteiger partial charge in [0, 0.05) is 19.2 Å². The van der Waals surface area contributed by atoms with Crippen LogP contribution in [-0.2, 0) is 11.3 Å². The van der Waals surface area contributed by atoms with E-state index in [0.29, 0.717) is 43.6 Å². The first-order valence-corrected chi connectivity index (χ1v) is 5.45. The second-order valence-corrected chi connectivity index (χ2v) is 3.35. The Hall–Kier alpha value is -1.93. The third-order valence-electron chi connectivity index (χ3n) is 2.17. The fourth-order valence-electron chi connectivity index (χ4n) is 1.46. The van der Waals surface area contributed by atoms with Gasteiger partial charge in [-0.1, -0.05) is 6.08 Å². The molecule has 0 aromatic carbocycles. The number of anilines is 1. The van der Waals surface area contributed by atoms with Crippen molar-refractivity contribution in [2.45, 2.75) is 13.5 Å². The Kier molecular flexibility index (Phi) is 5.11. The fraction of sp³-hybridized carbons (Fsp3) is 0.417. The van der Waals surface area contributed by atoms with Gasteiger partial charge in [-0.3, -0.25) is 4.57 Å². The zero-order valence-electron chi connectivity index (χ0n) is 9.98. The van der Waals surface area contributed by atoms with E-state index >= 15 is 0 Å². The molecule has 0 amide bonds. The van der Waals surface area contributed by atoms with Crippen LogP contribution in [0.25, 0.3) is 0 Å². The molecule has 0 saturated heterocycles. The van der Waals surface area contributed by atoms with E-state index in [1.54, 1.807) is 16.7 Å². The van der Waals surface area contributed by atoms with Crippen LogP contribution < -0.4 is 10.5 Å². The number of aromatic nitrogens is 1. The van der Waals surface area contributed by atoms with E-state index in [2.05, 4.69) is 12.6 Å². The summed E-state index contributed by atoms with van der Waals surface area (Å²) in [6.45, 7) is 7.60. The van der Waals surface area contributed by atoms with Crippen molar-refractivity contribution >= 4 is 5.69 Å². The van der Waals surface area contributed by atoms with Crippen LogP contribution in [0.3, 0.4) is 0 Å². The Labute approximate surface area is 101 Å². The summed E-state index contributed by atoms with van der Waals surface area (Å²) < 4.78 is 12.4. The van der Waals surface area contributed by atoms with E-state index in [1.807, 2.05) is 6.92 Å². The van der Waals surface area contributed by atoms with Gasteiger partial charge in [-0.25, -0.2) is 0 Å². The number of nitrogens with zero attached hydrogens (tertiary/aromatic N) is 2. The molecular formula is C12H17N3O2. The van der Waals surface area contributed by atoms with Crippen LogP contribution in [-0.4, -0.2) is 24.4 Å². The second-order valence-electron chi connectivity index (χ2n) is 3.35. The van der Waals surface area contributed by atoms with Crippen molar-refractivity contribution in [3.8, 4) is 11.9 Å². The first-order chi connectivity index (χ1) is 8.24. The standard InChI is InChI=1S/C12H17N3O2/c1-3-5-15-10(9-13)8-11(14)12(15)17-7-6-16-4-2/h3,8H,1,4-7,14H2,2H3. The van der Waals surface area contributed by atoms with Crippen molar-refractivity contribution in [3.63, 3.8) is 0 Å². The van der Waals surface area contributed by atoms with E-state index in [9.17, 15) is 0 Å². The molecule has 1 heterocycles. The average Bonchev–Trinajstić information content (AvgIpc) is 2.62. The van der Waals surface area contributed by atoms with Gasteiger partial charge >= 0.3 is 0 Å². The Morgan fingerprint density at radius 2 is 2.35 bits per heavy atom.